The predicted molar refractivity (Wildman–Crippen MR) is 130 cm³/mol. The van der Waals surface area contributed by atoms with E-state index in [-0.39, 0.29) is 28.7 Å². The lowest BCUT2D eigenvalue weighted by molar-refractivity contribution is 0.0989. The minimum absolute atomic E-state index is 0.000386. The van der Waals surface area contributed by atoms with Gasteiger partial charge >= 0.3 is 0 Å². The second-order valence-electron chi connectivity index (χ2n) is 7.56. The van der Waals surface area contributed by atoms with E-state index in [1.54, 1.807) is 12.1 Å². The molecule has 0 unspecified atom stereocenters. The summed E-state index contributed by atoms with van der Waals surface area (Å²) in [4.78, 5) is 19.6. The van der Waals surface area contributed by atoms with Crippen molar-refractivity contribution in [3.8, 4) is 17.0 Å². The van der Waals surface area contributed by atoms with Crippen LogP contribution in [0.4, 0.5) is 5.13 Å². The SMILES string of the molecule is C=CCN(C(=O)c1ccc(OC)c(S(=O)(=O)N2CCCC2)c1)c1nc(-c2ccccc2)cs1. The van der Waals surface area contributed by atoms with Gasteiger partial charge in [-0.2, -0.15) is 4.31 Å². The summed E-state index contributed by atoms with van der Waals surface area (Å²) in [5.41, 5.74) is 1.96. The monoisotopic (exact) mass is 483 g/mol. The molecule has 2 heterocycles. The summed E-state index contributed by atoms with van der Waals surface area (Å²) < 4.78 is 33.2. The first kappa shape index (κ1) is 23.2. The third-order valence-electron chi connectivity index (χ3n) is 5.44. The first-order chi connectivity index (χ1) is 16.0. The van der Waals surface area contributed by atoms with Crippen molar-refractivity contribution in [1.29, 1.82) is 0 Å². The van der Waals surface area contributed by atoms with Crippen molar-refractivity contribution in [2.75, 3.05) is 31.6 Å². The number of methoxy groups -OCH3 is 1. The lowest BCUT2D eigenvalue weighted by Gasteiger charge is -2.21. The number of ether oxygens (including phenoxy) is 1. The van der Waals surface area contributed by atoms with Gasteiger partial charge < -0.3 is 4.74 Å². The van der Waals surface area contributed by atoms with Crippen LogP contribution in [0.1, 0.15) is 23.2 Å². The molecule has 0 saturated carbocycles. The van der Waals surface area contributed by atoms with Crippen LogP contribution in [0.2, 0.25) is 0 Å². The second kappa shape index (κ2) is 9.86. The molecule has 3 aromatic rings. The maximum Gasteiger partial charge on any atom is 0.260 e. The second-order valence-corrected chi connectivity index (χ2v) is 10.3. The minimum atomic E-state index is -3.77. The number of nitrogens with zero attached hydrogens (tertiary/aromatic N) is 3. The van der Waals surface area contributed by atoms with E-state index in [1.807, 2.05) is 35.7 Å². The maximum absolute atomic E-state index is 13.5. The van der Waals surface area contributed by atoms with Gasteiger partial charge in [0.2, 0.25) is 10.0 Å². The van der Waals surface area contributed by atoms with Gasteiger partial charge in [0, 0.05) is 36.1 Å². The molecule has 7 nitrogen and oxygen atoms in total. The number of thiazole rings is 1. The Kier molecular flexibility index (Phi) is 6.92. The van der Waals surface area contributed by atoms with Crippen LogP contribution in [0.15, 0.2) is 71.5 Å². The van der Waals surface area contributed by atoms with Crippen LogP contribution in [0.5, 0.6) is 5.75 Å². The Bertz CT molecular complexity index is 1250. The number of hydrogen-bond donors (Lipinski definition) is 0. The Balaban J connectivity index is 1.69. The average Bonchev–Trinajstić information content (AvgIpc) is 3.55. The standard InChI is InChI=1S/C24H25N3O4S2/c1-3-13-27(24-25-20(17-32-24)18-9-5-4-6-10-18)23(28)19-11-12-21(31-2)22(16-19)33(29,30)26-14-7-8-15-26/h3-6,9-12,16-17H,1,7-8,13-15H2,2H3. The number of sulfonamides is 1. The van der Waals surface area contributed by atoms with Crippen molar-refractivity contribution in [3.05, 3.63) is 72.1 Å². The van der Waals surface area contributed by atoms with Gasteiger partial charge in [-0.3, -0.25) is 9.69 Å². The highest BCUT2D eigenvalue weighted by Crippen LogP contribution is 2.32. The van der Waals surface area contributed by atoms with E-state index in [0.717, 1.165) is 24.1 Å². The van der Waals surface area contributed by atoms with Gasteiger partial charge in [-0.15, -0.1) is 17.9 Å². The molecule has 1 aliphatic rings. The van der Waals surface area contributed by atoms with E-state index in [2.05, 4.69) is 11.6 Å². The van der Waals surface area contributed by atoms with Gasteiger partial charge in [-0.25, -0.2) is 13.4 Å². The Hall–Kier alpha value is -3.01. The van der Waals surface area contributed by atoms with Gasteiger partial charge in [-0.1, -0.05) is 36.4 Å². The Morgan fingerprint density at radius 2 is 1.94 bits per heavy atom. The number of carbonyl (C=O) groups excluding carboxylic acids is 1. The fraction of sp³-hybridized carbons (Fsp3) is 0.250. The first-order valence-corrected chi connectivity index (χ1v) is 12.9. The predicted octanol–water partition coefficient (Wildman–Crippen LogP) is 4.44. The minimum Gasteiger partial charge on any atom is -0.495 e. The first-order valence-electron chi connectivity index (χ1n) is 10.6. The molecule has 0 spiro atoms. The molecular weight excluding hydrogens is 458 g/mol. The lowest BCUT2D eigenvalue weighted by Crippen LogP contribution is -2.32. The molecule has 2 aromatic carbocycles. The summed E-state index contributed by atoms with van der Waals surface area (Å²) in [5, 5.41) is 2.41. The highest BCUT2D eigenvalue weighted by Gasteiger charge is 2.31. The van der Waals surface area contributed by atoms with Gasteiger partial charge in [0.05, 0.1) is 12.8 Å². The maximum atomic E-state index is 13.5. The summed E-state index contributed by atoms with van der Waals surface area (Å²) in [5.74, 6) is -0.140. The molecule has 0 atom stereocenters. The van der Waals surface area contributed by atoms with Gasteiger partial charge in [0.1, 0.15) is 10.6 Å². The van der Waals surface area contributed by atoms with Crippen molar-refractivity contribution < 1.29 is 17.9 Å². The zero-order valence-corrected chi connectivity index (χ0v) is 19.9. The zero-order chi connectivity index (χ0) is 23.4. The molecule has 1 saturated heterocycles. The molecule has 1 amide bonds. The van der Waals surface area contributed by atoms with E-state index in [9.17, 15) is 13.2 Å². The number of aromatic nitrogens is 1. The van der Waals surface area contributed by atoms with Crippen molar-refractivity contribution in [3.63, 3.8) is 0 Å². The van der Waals surface area contributed by atoms with E-state index >= 15 is 0 Å². The molecule has 1 aliphatic heterocycles. The highest BCUT2D eigenvalue weighted by molar-refractivity contribution is 7.89. The average molecular weight is 484 g/mol. The molecule has 0 N–H and O–H groups in total. The van der Waals surface area contributed by atoms with E-state index in [0.29, 0.717) is 18.2 Å². The topological polar surface area (TPSA) is 79.8 Å². The number of anilines is 1. The normalized spacial score (nSPS) is 14.2. The molecule has 0 radical (unpaired) electrons. The van der Waals surface area contributed by atoms with Gasteiger partial charge in [-0.05, 0) is 31.0 Å². The quantitative estimate of drug-likeness (QED) is 0.443. The largest absolute Gasteiger partial charge is 0.495 e. The Labute approximate surface area is 198 Å². The zero-order valence-electron chi connectivity index (χ0n) is 18.3. The summed E-state index contributed by atoms with van der Waals surface area (Å²) >= 11 is 1.35. The fourth-order valence-electron chi connectivity index (χ4n) is 3.74. The van der Waals surface area contributed by atoms with E-state index < -0.39 is 10.0 Å². The molecule has 33 heavy (non-hydrogen) atoms. The number of hydrogen-bond acceptors (Lipinski definition) is 6. The van der Waals surface area contributed by atoms with Gasteiger partial charge in [0.15, 0.2) is 5.13 Å². The van der Waals surface area contributed by atoms with Crippen molar-refractivity contribution in [1.82, 2.24) is 9.29 Å². The summed E-state index contributed by atoms with van der Waals surface area (Å²) in [7, 11) is -2.35. The van der Waals surface area contributed by atoms with Crippen LogP contribution < -0.4 is 9.64 Å². The molecular formula is C24H25N3O4S2. The molecule has 1 aromatic heterocycles. The Morgan fingerprint density at radius 3 is 2.61 bits per heavy atom. The van der Waals surface area contributed by atoms with Crippen molar-refractivity contribution in [2.45, 2.75) is 17.7 Å². The summed E-state index contributed by atoms with van der Waals surface area (Å²) in [6.45, 7) is 4.93. The van der Waals surface area contributed by atoms with Gasteiger partial charge in [0.25, 0.3) is 5.91 Å². The van der Waals surface area contributed by atoms with E-state index in [4.69, 9.17) is 4.74 Å². The van der Waals surface area contributed by atoms with Crippen LogP contribution in [0, 0.1) is 0 Å². The van der Waals surface area contributed by atoms with Crippen LogP contribution >= 0.6 is 11.3 Å². The molecule has 172 valence electrons. The van der Waals surface area contributed by atoms with Crippen LogP contribution in [-0.4, -0.2) is 50.4 Å². The molecule has 0 bridgehead atoms. The van der Waals surface area contributed by atoms with E-state index in [1.165, 1.54) is 39.8 Å². The Morgan fingerprint density at radius 1 is 1.21 bits per heavy atom. The molecule has 4 rings (SSSR count). The molecule has 0 aliphatic carbocycles. The fourth-order valence-corrected chi connectivity index (χ4v) is 6.28. The number of carbonyl (C=O) groups is 1. The number of rotatable bonds is 8. The van der Waals surface area contributed by atoms with Crippen molar-refractivity contribution in [2.24, 2.45) is 0 Å². The molecule has 9 heteroatoms. The summed E-state index contributed by atoms with van der Waals surface area (Å²) in [6, 6.07) is 14.2. The third-order valence-corrected chi connectivity index (χ3v) is 8.23. The van der Waals surface area contributed by atoms with Crippen LogP contribution in [0.25, 0.3) is 11.3 Å². The third kappa shape index (κ3) is 4.71. The number of amides is 1. The highest BCUT2D eigenvalue weighted by atomic mass is 32.2. The number of benzene rings is 2. The van der Waals surface area contributed by atoms with Crippen molar-refractivity contribution >= 4 is 32.4 Å². The smallest absolute Gasteiger partial charge is 0.260 e. The summed E-state index contributed by atoms with van der Waals surface area (Å²) in [6.07, 6.45) is 3.26. The van der Waals surface area contributed by atoms with Crippen LogP contribution in [-0.2, 0) is 10.0 Å². The molecule has 1 fully saturated rings. The lowest BCUT2D eigenvalue weighted by atomic mass is 10.2. The van der Waals surface area contributed by atoms with Crippen LogP contribution in [0.3, 0.4) is 0 Å².